The summed E-state index contributed by atoms with van der Waals surface area (Å²) in [5, 5.41) is 11.1. The summed E-state index contributed by atoms with van der Waals surface area (Å²) in [4.78, 5) is 28.6. The maximum Gasteiger partial charge on any atom is 0.319 e. The molecule has 0 spiro atoms. The Kier molecular flexibility index (Phi) is 6.09. The third-order valence-corrected chi connectivity index (χ3v) is 2.95. The molecule has 0 bridgehead atoms. The van der Waals surface area contributed by atoms with E-state index in [9.17, 15) is 9.59 Å². The lowest BCUT2D eigenvalue weighted by atomic mass is 10.3. The van der Waals surface area contributed by atoms with Crippen LogP contribution >= 0.6 is 0 Å². The molecule has 1 fully saturated rings. The molecule has 0 aromatic rings. The van der Waals surface area contributed by atoms with Gasteiger partial charge in [0, 0.05) is 46.8 Å². The van der Waals surface area contributed by atoms with Crippen LogP contribution in [0.25, 0.3) is 0 Å². The van der Waals surface area contributed by atoms with Crippen LogP contribution in [-0.2, 0) is 4.79 Å². The van der Waals surface area contributed by atoms with Gasteiger partial charge in [0.25, 0.3) is 0 Å². The predicted molar refractivity (Wildman–Crippen MR) is 70.3 cm³/mol. The largest absolute Gasteiger partial charge is 0.354 e. The molecule has 0 radical (unpaired) electrons. The summed E-state index contributed by atoms with van der Waals surface area (Å²) in [5.41, 5.74) is 0. The Labute approximate surface area is 113 Å². The van der Waals surface area contributed by atoms with Crippen molar-refractivity contribution in [1.82, 2.24) is 20.0 Å². The van der Waals surface area contributed by atoms with E-state index in [1.165, 1.54) is 0 Å². The van der Waals surface area contributed by atoms with Gasteiger partial charge in [0.2, 0.25) is 5.91 Å². The normalized spacial score (nSPS) is 15.7. The van der Waals surface area contributed by atoms with Crippen molar-refractivity contribution in [2.24, 2.45) is 0 Å². The number of hydrogen-bond acceptors (Lipinski definition) is 4. The van der Waals surface area contributed by atoms with Crippen molar-refractivity contribution in [2.75, 3.05) is 53.4 Å². The summed E-state index contributed by atoms with van der Waals surface area (Å²) in [7, 11) is 3.47. The lowest BCUT2D eigenvalue weighted by Crippen LogP contribution is -2.53. The van der Waals surface area contributed by atoms with Gasteiger partial charge in [-0.25, -0.2) is 4.79 Å². The number of nitrogens with zero attached hydrogens (tertiary/aromatic N) is 4. The molecule has 1 heterocycles. The molecule has 1 rings (SSSR count). The first-order valence-electron chi connectivity index (χ1n) is 6.37. The molecule has 1 saturated heterocycles. The summed E-state index contributed by atoms with van der Waals surface area (Å²) in [6.07, 6.45) is 0.330. The lowest BCUT2D eigenvalue weighted by molar-refractivity contribution is -0.122. The number of carbonyl (C=O) groups excluding carboxylic acids is 2. The molecule has 1 N–H and O–H groups in total. The van der Waals surface area contributed by atoms with Gasteiger partial charge in [-0.15, -0.1) is 0 Å². The van der Waals surface area contributed by atoms with Crippen LogP contribution in [0.15, 0.2) is 0 Å². The van der Waals surface area contributed by atoms with Gasteiger partial charge in [0.15, 0.2) is 0 Å². The van der Waals surface area contributed by atoms with Gasteiger partial charge in [-0.05, 0) is 0 Å². The SMILES string of the molecule is CN(C)C(=O)N1CCN(CC(=O)NCCC#N)CC1. The van der Waals surface area contributed by atoms with Crippen molar-refractivity contribution in [2.45, 2.75) is 6.42 Å². The molecule has 7 nitrogen and oxygen atoms in total. The van der Waals surface area contributed by atoms with Crippen LogP contribution in [0.3, 0.4) is 0 Å². The number of rotatable bonds is 4. The smallest absolute Gasteiger partial charge is 0.319 e. The van der Waals surface area contributed by atoms with Gasteiger partial charge in [-0.3, -0.25) is 9.69 Å². The van der Waals surface area contributed by atoms with Gasteiger partial charge in [-0.1, -0.05) is 0 Å². The van der Waals surface area contributed by atoms with Crippen molar-refractivity contribution in [3.8, 4) is 6.07 Å². The fraction of sp³-hybridized carbons (Fsp3) is 0.750. The van der Waals surface area contributed by atoms with Crippen molar-refractivity contribution in [1.29, 1.82) is 5.26 Å². The second kappa shape index (κ2) is 7.59. The third-order valence-electron chi connectivity index (χ3n) is 2.95. The van der Waals surface area contributed by atoms with E-state index in [4.69, 9.17) is 5.26 Å². The summed E-state index contributed by atoms with van der Waals surface area (Å²) in [5.74, 6) is -0.0670. The first-order valence-corrected chi connectivity index (χ1v) is 6.37. The monoisotopic (exact) mass is 267 g/mol. The minimum atomic E-state index is -0.0670. The molecule has 0 aromatic carbocycles. The molecule has 0 aliphatic carbocycles. The molecular formula is C12H21N5O2. The van der Waals surface area contributed by atoms with Gasteiger partial charge >= 0.3 is 6.03 Å². The number of carbonyl (C=O) groups is 2. The zero-order valence-electron chi connectivity index (χ0n) is 11.6. The molecule has 0 saturated carbocycles. The van der Waals surface area contributed by atoms with Crippen molar-refractivity contribution in [3.05, 3.63) is 0 Å². The molecule has 1 aliphatic heterocycles. The van der Waals surface area contributed by atoms with Crippen molar-refractivity contribution < 1.29 is 9.59 Å². The quantitative estimate of drug-likeness (QED) is 0.684. The fourth-order valence-corrected chi connectivity index (χ4v) is 1.90. The number of nitriles is 1. The average molecular weight is 267 g/mol. The molecule has 0 aromatic heterocycles. The first-order chi connectivity index (χ1) is 9.04. The first kappa shape index (κ1) is 15.2. The maximum atomic E-state index is 11.7. The highest BCUT2D eigenvalue weighted by molar-refractivity contribution is 5.78. The van der Waals surface area contributed by atoms with Crippen molar-refractivity contribution in [3.63, 3.8) is 0 Å². The van der Waals surface area contributed by atoms with E-state index >= 15 is 0 Å². The van der Waals surface area contributed by atoms with Crippen molar-refractivity contribution >= 4 is 11.9 Å². The minimum Gasteiger partial charge on any atom is -0.354 e. The maximum absolute atomic E-state index is 11.7. The molecular weight excluding hydrogens is 246 g/mol. The van der Waals surface area contributed by atoms with Crippen LogP contribution < -0.4 is 5.32 Å². The summed E-state index contributed by atoms with van der Waals surface area (Å²) in [6.45, 7) is 3.41. The third kappa shape index (κ3) is 5.14. The standard InChI is InChI=1S/C12H21N5O2/c1-15(2)12(19)17-8-6-16(7-9-17)10-11(18)14-5-3-4-13/h3,5-10H2,1-2H3,(H,14,18). The Hall–Kier alpha value is -1.81. The molecule has 1 aliphatic rings. The van der Waals surface area contributed by atoms with E-state index in [1.54, 1.807) is 23.9 Å². The van der Waals surface area contributed by atoms with Gasteiger partial charge < -0.3 is 15.1 Å². The van der Waals surface area contributed by atoms with E-state index in [1.807, 2.05) is 11.0 Å². The van der Waals surface area contributed by atoms with E-state index < -0.39 is 0 Å². The summed E-state index contributed by atoms with van der Waals surface area (Å²) in [6, 6.07) is 1.99. The zero-order valence-corrected chi connectivity index (χ0v) is 11.6. The van der Waals surface area contributed by atoms with Crippen LogP contribution in [0, 0.1) is 11.3 Å². The second-order valence-electron chi connectivity index (χ2n) is 4.70. The molecule has 0 unspecified atom stereocenters. The molecule has 106 valence electrons. The zero-order chi connectivity index (χ0) is 14.3. The molecule has 19 heavy (non-hydrogen) atoms. The van der Waals surface area contributed by atoms with Crippen LogP contribution in [0.4, 0.5) is 4.79 Å². The van der Waals surface area contributed by atoms with E-state index in [0.29, 0.717) is 45.7 Å². The number of amides is 3. The van der Waals surface area contributed by atoms with E-state index in [-0.39, 0.29) is 11.9 Å². The molecule has 3 amide bonds. The highest BCUT2D eigenvalue weighted by Crippen LogP contribution is 2.03. The van der Waals surface area contributed by atoms with Crippen LogP contribution in [0.2, 0.25) is 0 Å². The number of piperazine rings is 1. The van der Waals surface area contributed by atoms with Crippen LogP contribution in [0.5, 0.6) is 0 Å². The van der Waals surface area contributed by atoms with E-state index in [0.717, 1.165) is 0 Å². The van der Waals surface area contributed by atoms with Gasteiger partial charge in [-0.2, -0.15) is 5.26 Å². The second-order valence-corrected chi connectivity index (χ2v) is 4.70. The number of nitrogens with one attached hydrogen (secondary N) is 1. The van der Waals surface area contributed by atoms with Crippen LogP contribution in [0.1, 0.15) is 6.42 Å². The summed E-state index contributed by atoms with van der Waals surface area (Å²) < 4.78 is 0. The van der Waals surface area contributed by atoms with Gasteiger partial charge in [0.05, 0.1) is 19.0 Å². The Morgan fingerprint density at radius 2 is 1.89 bits per heavy atom. The highest BCUT2D eigenvalue weighted by Gasteiger charge is 2.22. The highest BCUT2D eigenvalue weighted by atomic mass is 16.2. The minimum absolute atomic E-state index is 0.0121. The Balaban J connectivity index is 2.25. The molecule has 0 atom stereocenters. The Morgan fingerprint density at radius 3 is 2.42 bits per heavy atom. The van der Waals surface area contributed by atoms with Crippen LogP contribution in [-0.4, -0.2) is 80.0 Å². The lowest BCUT2D eigenvalue weighted by Gasteiger charge is -2.35. The predicted octanol–water partition coefficient (Wildman–Crippen LogP) is -0.685. The Morgan fingerprint density at radius 1 is 1.26 bits per heavy atom. The van der Waals surface area contributed by atoms with E-state index in [2.05, 4.69) is 5.32 Å². The molecule has 7 heteroatoms. The average Bonchev–Trinajstić information content (AvgIpc) is 2.39. The number of hydrogen-bond donors (Lipinski definition) is 1. The van der Waals surface area contributed by atoms with Gasteiger partial charge in [0.1, 0.15) is 0 Å². The topological polar surface area (TPSA) is 79.7 Å². The Bertz CT molecular complexity index is 356. The fourth-order valence-electron chi connectivity index (χ4n) is 1.90. The number of urea groups is 1. The summed E-state index contributed by atoms with van der Waals surface area (Å²) >= 11 is 0.